The highest BCUT2D eigenvalue weighted by molar-refractivity contribution is 5.71. The third-order valence-electron chi connectivity index (χ3n) is 6.22. The van der Waals surface area contributed by atoms with Crippen molar-refractivity contribution in [2.45, 2.75) is 79.1 Å². The highest BCUT2D eigenvalue weighted by atomic mass is 16.4. The average molecular weight is 443 g/mol. The van der Waals surface area contributed by atoms with Gasteiger partial charge in [-0.1, -0.05) is 46.3 Å². The summed E-state index contributed by atoms with van der Waals surface area (Å²) in [5.74, 6) is -4.58. The van der Waals surface area contributed by atoms with Crippen LogP contribution in [-0.2, 0) is 14.4 Å². The van der Waals surface area contributed by atoms with Crippen LogP contribution in [0.5, 0.6) is 0 Å². The summed E-state index contributed by atoms with van der Waals surface area (Å²) >= 11 is 0. The van der Waals surface area contributed by atoms with E-state index in [0.717, 1.165) is 32.1 Å². The van der Waals surface area contributed by atoms with Crippen molar-refractivity contribution in [2.24, 2.45) is 17.8 Å². The van der Waals surface area contributed by atoms with Crippen molar-refractivity contribution in [2.75, 3.05) is 26.2 Å². The number of allylic oxidation sites excluding steroid dienone is 2. The van der Waals surface area contributed by atoms with Crippen LogP contribution in [0.15, 0.2) is 12.2 Å². The van der Waals surface area contributed by atoms with Crippen LogP contribution in [-0.4, -0.2) is 63.9 Å². The van der Waals surface area contributed by atoms with Gasteiger partial charge in [-0.05, 0) is 44.9 Å². The predicted molar refractivity (Wildman–Crippen MR) is 122 cm³/mol. The molecule has 7 nitrogen and oxygen atoms in total. The Kier molecular flexibility index (Phi) is 14.9. The summed E-state index contributed by atoms with van der Waals surface area (Å²) in [6.45, 7) is 8.97. The molecule has 3 unspecified atom stereocenters. The summed E-state index contributed by atoms with van der Waals surface area (Å²) in [4.78, 5) is 35.4. The van der Waals surface area contributed by atoms with Crippen LogP contribution in [0.25, 0.3) is 0 Å². The van der Waals surface area contributed by atoms with Crippen LogP contribution in [0.2, 0.25) is 0 Å². The number of nitrogens with zero attached hydrogens (tertiary/aromatic N) is 1. The van der Waals surface area contributed by atoms with Gasteiger partial charge in [0.25, 0.3) is 0 Å². The average Bonchev–Trinajstić information content (AvgIpc) is 2.72. The first-order valence-electron chi connectivity index (χ1n) is 11.8. The van der Waals surface area contributed by atoms with E-state index in [1.807, 2.05) is 20.8 Å². The molecule has 7 heteroatoms. The minimum Gasteiger partial charge on any atom is -0.481 e. The number of rotatable bonds is 19. The summed E-state index contributed by atoms with van der Waals surface area (Å²) < 4.78 is 0.235. The molecule has 0 heterocycles. The Bertz CT molecular complexity index is 515. The van der Waals surface area contributed by atoms with E-state index in [-0.39, 0.29) is 24.1 Å². The molecule has 0 saturated heterocycles. The Balaban J connectivity index is 5.80. The van der Waals surface area contributed by atoms with Gasteiger partial charge in [-0.2, -0.15) is 0 Å². The molecule has 0 aliphatic carbocycles. The number of aliphatic carboxylic acids is 3. The molecule has 0 saturated carbocycles. The van der Waals surface area contributed by atoms with Gasteiger partial charge < -0.3 is 19.8 Å². The van der Waals surface area contributed by atoms with Gasteiger partial charge in [0, 0.05) is 0 Å². The van der Waals surface area contributed by atoms with Gasteiger partial charge >= 0.3 is 17.9 Å². The van der Waals surface area contributed by atoms with Gasteiger partial charge in [-0.25, -0.2) is 0 Å². The summed E-state index contributed by atoms with van der Waals surface area (Å²) in [5, 5.41) is 29.0. The minimum absolute atomic E-state index is 0.235. The summed E-state index contributed by atoms with van der Waals surface area (Å²) in [6, 6.07) is 0. The zero-order valence-electron chi connectivity index (χ0n) is 19.9. The first-order chi connectivity index (χ1) is 14.7. The van der Waals surface area contributed by atoms with Crippen LogP contribution < -0.4 is 0 Å². The van der Waals surface area contributed by atoms with Crippen molar-refractivity contribution >= 4 is 17.9 Å². The predicted octanol–water partition coefficient (Wildman–Crippen LogP) is 4.66. The van der Waals surface area contributed by atoms with E-state index in [1.54, 1.807) is 0 Å². The molecular weight excluding hydrogens is 398 g/mol. The quantitative estimate of drug-likeness (QED) is 0.152. The molecule has 0 fully saturated rings. The summed E-state index contributed by atoms with van der Waals surface area (Å²) in [7, 11) is 0. The molecule has 0 spiro atoms. The number of unbranched alkanes of at least 4 members (excludes halogenated alkanes) is 3. The fourth-order valence-electron chi connectivity index (χ4n) is 4.16. The molecule has 0 aromatic carbocycles. The molecule has 31 heavy (non-hydrogen) atoms. The number of quaternary nitrogens is 1. The van der Waals surface area contributed by atoms with Crippen LogP contribution in [0.4, 0.5) is 0 Å². The number of carboxylic acid groups (broad SMARTS) is 3. The second-order valence-corrected chi connectivity index (χ2v) is 8.70. The highest BCUT2D eigenvalue weighted by Gasteiger charge is 2.40. The lowest BCUT2D eigenvalue weighted by Crippen LogP contribution is -2.58. The highest BCUT2D eigenvalue weighted by Crippen LogP contribution is 2.25. The fourth-order valence-corrected chi connectivity index (χ4v) is 4.16. The molecule has 3 N–H and O–H groups in total. The topological polar surface area (TPSA) is 112 Å². The number of carboxylic acids is 3. The standard InChI is InChI=1S/C24H43NO6/c1-5-9-10-11-12-13-14-15-25(16-19(6-2)22(26)27,17-20(7-3)23(28)29)18-21(8-4)24(30)31/h10-11,19-21H,5-9,12-18H2,1-4H3,(H2-,26,27,28,29,30,31)/p+1/b11-10+. The van der Waals surface area contributed by atoms with E-state index in [0.29, 0.717) is 25.8 Å². The van der Waals surface area contributed by atoms with E-state index in [9.17, 15) is 29.7 Å². The van der Waals surface area contributed by atoms with Crippen molar-refractivity contribution in [1.82, 2.24) is 0 Å². The smallest absolute Gasteiger partial charge is 0.312 e. The monoisotopic (exact) mass is 442 g/mol. The molecule has 180 valence electrons. The van der Waals surface area contributed by atoms with Gasteiger partial charge in [0.15, 0.2) is 0 Å². The lowest BCUT2D eigenvalue weighted by Gasteiger charge is -2.43. The zero-order valence-corrected chi connectivity index (χ0v) is 19.9. The summed E-state index contributed by atoms with van der Waals surface area (Å²) in [5.41, 5.74) is 0. The zero-order chi connectivity index (χ0) is 23.9. The fraction of sp³-hybridized carbons (Fsp3) is 0.792. The normalized spacial score (nSPS) is 16.5. The molecule has 0 aliphatic heterocycles. The number of hydrogen-bond acceptors (Lipinski definition) is 3. The van der Waals surface area contributed by atoms with Crippen molar-refractivity contribution in [3.05, 3.63) is 12.2 Å². The van der Waals surface area contributed by atoms with Crippen molar-refractivity contribution in [3.8, 4) is 0 Å². The largest absolute Gasteiger partial charge is 0.481 e. The van der Waals surface area contributed by atoms with Gasteiger partial charge in [-0.15, -0.1) is 0 Å². The van der Waals surface area contributed by atoms with E-state index >= 15 is 0 Å². The third-order valence-corrected chi connectivity index (χ3v) is 6.22. The lowest BCUT2D eigenvalue weighted by atomic mass is 9.95. The maximum atomic E-state index is 11.8. The van der Waals surface area contributed by atoms with Crippen molar-refractivity contribution < 1.29 is 34.2 Å². The maximum Gasteiger partial charge on any atom is 0.312 e. The number of carbonyl (C=O) groups is 3. The third kappa shape index (κ3) is 11.3. The Morgan fingerprint density at radius 2 is 1.06 bits per heavy atom. The first-order valence-corrected chi connectivity index (χ1v) is 11.8. The molecule has 0 aliphatic rings. The van der Waals surface area contributed by atoms with Gasteiger partial charge in [0.2, 0.25) is 0 Å². The van der Waals surface area contributed by atoms with E-state index in [1.165, 1.54) is 0 Å². The molecule has 0 aromatic rings. The van der Waals surface area contributed by atoms with Crippen LogP contribution in [0.3, 0.4) is 0 Å². The Morgan fingerprint density at radius 3 is 1.39 bits per heavy atom. The molecular formula is C24H44NO6+. The second-order valence-electron chi connectivity index (χ2n) is 8.70. The van der Waals surface area contributed by atoms with Crippen molar-refractivity contribution in [1.29, 1.82) is 0 Å². The van der Waals surface area contributed by atoms with Crippen LogP contribution in [0.1, 0.15) is 79.1 Å². The lowest BCUT2D eigenvalue weighted by molar-refractivity contribution is -0.935. The molecule has 0 radical (unpaired) electrons. The second kappa shape index (κ2) is 15.8. The van der Waals surface area contributed by atoms with Gasteiger partial charge in [-0.3, -0.25) is 14.4 Å². The minimum atomic E-state index is -0.903. The molecule has 0 amide bonds. The molecule has 0 rings (SSSR count). The maximum absolute atomic E-state index is 11.8. The Morgan fingerprint density at radius 1 is 0.677 bits per heavy atom. The van der Waals surface area contributed by atoms with E-state index in [4.69, 9.17) is 0 Å². The van der Waals surface area contributed by atoms with E-state index < -0.39 is 35.7 Å². The van der Waals surface area contributed by atoms with Crippen molar-refractivity contribution in [3.63, 3.8) is 0 Å². The molecule has 3 atom stereocenters. The number of hydrogen-bond donors (Lipinski definition) is 3. The summed E-state index contributed by atoms with van der Waals surface area (Å²) in [6.07, 6.45) is 10.4. The van der Waals surface area contributed by atoms with E-state index in [2.05, 4.69) is 19.1 Å². The van der Waals surface area contributed by atoms with Gasteiger partial charge in [0.1, 0.15) is 17.8 Å². The SMILES string of the molecule is CCC/C=C/CCCC[N+](CC(CC)C(=O)O)(CC(CC)C(=O)O)CC(CC)C(=O)O. The Labute approximate surface area is 187 Å². The first kappa shape index (κ1) is 29.1. The molecule has 0 aromatic heterocycles. The van der Waals surface area contributed by atoms with Gasteiger partial charge in [0.05, 0.1) is 26.2 Å². The van der Waals surface area contributed by atoms with Crippen LogP contribution >= 0.6 is 0 Å². The van der Waals surface area contributed by atoms with Crippen LogP contribution in [0, 0.1) is 17.8 Å². The molecule has 0 bridgehead atoms. The Hall–Kier alpha value is -1.89.